The van der Waals surface area contributed by atoms with Crippen LogP contribution in [0.4, 0.5) is 5.69 Å². The molecular weight excluding hydrogens is 270 g/mol. The molecule has 104 valence electrons. The molecule has 0 radical (unpaired) electrons. The Morgan fingerprint density at radius 3 is 2.75 bits per heavy atom. The van der Waals surface area contributed by atoms with Gasteiger partial charge in [-0.1, -0.05) is 12.1 Å². The lowest BCUT2D eigenvalue weighted by Gasteiger charge is -2.07. The molecule has 0 fully saturated rings. The number of nitrogen functional groups attached to an aromatic ring is 1. The standard InChI is InChI=1S/C16H17NO2S/c1-11-8-14(17)6-7-15(11)20-10-12-4-3-5-13(9-12)16(18)19-2/h3-9H,10,17H2,1-2H3. The molecule has 0 aliphatic carbocycles. The highest BCUT2D eigenvalue weighted by Gasteiger charge is 2.06. The van der Waals surface area contributed by atoms with Gasteiger partial charge in [0.1, 0.15) is 0 Å². The van der Waals surface area contributed by atoms with E-state index in [9.17, 15) is 4.79 Å². The van der Waals surface area contributed by atoms with Gasteiger partial charge in [0.25, 0.3) is 0 Å². The Morgan fingerprint density at radius 2 is 2.05 bits per heavy atom. The minimum Gasteiger partial charge on any atom is -0.465 e. The highest BCUT2D eigenvalue weighted by Crippen LogP contribution is 2.27. The van der Waals surface area contributed by atoms with Gasteiger partial charge >= 0.3 is 5.97 Å². The molecule has 20 heavy (non-hydrogen) atoms. The molecule has 2 N–H and O–H groups in total. The first-order chi connectivity index (χ1) is 9.60. The molecule has 0 heterocycles. The van der Waals surface area contributed by atoms with Crippen LogP contribution in [0.2, 0.25) is 0 Å². The third-order valence-electron chi connectivity index (χ3n) is 2.94. The average molecular weight is 287 g/mol. The number of esters is 1. The summed E-state index contributed by atoms with van der Waals surface area (Å²) in [6.45, 7) is 2.05. The Balaban J connectivity index is 2.09. The number of ether oxygens (including phenoxy) is 1. The predicted molar refractivity (Wildman–Crippen MR) is 82.9 cm³/mol. The largest absolute Gasteiger partial charge is 0.465 e. The van der Waals surface area contributed by atoms with Crippen LogP contribution < -0.4 is 5.73 Å². The van der Waals surface area contributed by atoms with E-state index in [-0.39, 0.29) is 5.97 Å². The monoisotopic (exact) mass is 287 g/mol. The fourth-order valence-electron chi connectivity index (χ4n) is 1.90. The number of methoxy groups -OCH3 is 1. The molecule has 0 aromatic heterocycles. The van der Waals surface area contributed by atoms with Crippen molar-refractivity contribution in [1.29, 1.82) is 0 Å². The number of aryl methyl sites for hydroxylation is 1. The summed E-state index contributed by atoms with van der Waals surface area (Å²) in [5, 5.41) is 0. The highest BCUT2D eigenvalue weighted by atomic mass is 32.2. The third kappa shape index (κ3) is 3.54. The van der Waals surface area contributed by atoms with Gasteiger partial charge in [0.05, 0.1) is 12.7 Å². The molecule has 0 spiro atoms. The summed E-state index contributed by atoms with van der Waals surface area (Å²) in [5.74, 6) is 0.496. The Bertz CT molecular complexity index is 626. The second-order valence-corrected chi connectivity index (χ2v) is 5.52. The van der Waals surface area contributed by atoms with Crippen LogP contribution in [-0.4, -0.2) is 13.1 Å². The number of carbonyl (C=O) groups is 1. The molecule has 2 rings (SSSR count). The van der Waals surface area contributed by atoms with Crippen molar-refractivity contribution >= 4 is 23.4 Å². The molecule has 0 amide bonds. The van der Waals surface area contributed by atoms with Gasteiger partial charge in [-0.3, -0.25) is 0 Å². The van der Waals surface area contributed by atoms with Crippen molar-refractivity contribution in [3.05, 3.63) is 59.2 Å². The van der Waals surface area contributed by atoms with Gasteiger partial charge in [0, 0.05) is 16.3 Å². The number of hydrogen-bond donors (Lipinski definition) is 1. The van der Waals surface area contributed by atoms with Crippen molar-refractivity contribution in [3.63, 3.8) is 0 Å². The van der Waals surface area contributed by atoms with Crippen LogP contribution in [0.15, 0.2) is 47.4 Å². The van der Waals surface area contributed by atoms with E-state index in [0.717, 1.165) is 17.0 Å². The minimum absolute atomic E-state index is 0.305. The second kappa shape index (κ2) is 6.48. The Kier molecular flexibility index (Phi) is 4.69. The number of rotatable bonds is 4. The van der Waals surface area contributed by atoms with Crippen LogP contribution in [-0.2, 0) is 10.5 Å². The highest BCUT2D eigenvalue weighted by molar-refractivity contribution is 7.98. The first-order valence-electron chi connectivity index (χ1n) is 6.26. The third-order valence-corrected chi connectivity index (χ3v) is 4.19. The van der Waals surface area contributed by atoms with Gasteiger partial charge < -0.3 is 10.5 Å². The van der Waals surface area contributed by atoms with Crippen LogP contribution in [0.1, 0.15) is 21.5 Å². The van der Waals surface area contributed by atoms with Crippen LogP contribution >= 0.6 is 11.8 Å². The van der Waals surface area contributed by atoms with Gasteiger partial charge in [-0.2, -0.15) is 0 Å². The summed E-state index contributed by atoms with van der Waals surface area (Å²) < 4.78 is 4.73. The molecule has 0 aliphatic rings. The van der Waals surface area contributed by atoms with E-state index in [1.54, 1.807) is 17.8 Å². The van der Waals surface area contributed by atoms with E-state index in [1.165, 1.54) is 17.6 Å². The first-order valence-corrected chi connectivity index (χ1v) is 7.25. The fraction of sp³-hybridized carbons (Fsp3) is 0.188. The average Bonchev–Trinajstić information content (AvgIpc) is 2.46. The zero-order chi connectivity index (χ0) is 14.5. The summed E-state index contributed by atoms with van der Waals surface area (Å²) in [4.78, 5) is 12.7. The van der Waals surface area contributed by atoms with E-state index in [0.29, 0.717) is 5.56 Å². The number of anilines is 1. The maximum absolute atomic E-state index is 11.5. The molecule has 2 aromatic carbocycles. The number of nitrogens with two attached hydrogens (primary N) is 1. The fourth-order valence-corrected chi connectivity index (χ4v) is 2.85. The van der Waals surface area contributed by atoms with Gasteiger partial charge in [-0.25, -0.2) is 4.79 Å². The quantitative estimate of drug-likeness (QED) is 0.530. The maximum atomic E-state index is 11.5. The second-order valence-electron chi connectivity index (χ2n) is 4.51. The molecular formula is C16H17NO2S. The van der Waals surface area contributed by atoms with Crippen molar-refractivity contribution < 1.29 is 9.53 Å². The molecule has 0 unspecified atom stereocenters. The predicted octanol–water partition coefficient (Wildman–Crippen LogP) is 3.66. The normalized spacial score (nSPS) is 10.3. The van der Waals surface area contributed by atoms with Crippen molar-refractivity contribution in [3.8, 4) is 0 Å². The molecule has 0 atom stereocenters. The summed E-state index contributed by atoms with van der Waals surface area (Å²) >= 11 is 1.73. The minimum atomic E-state index is -0.305. The van der Waals surface area contributed by atoms with Gasteiger partial charge in [0.15, 0.2) is 0 Å². The van der Waals surface area contributed by atoms with Crippen LogP contribution in [0.5, 0.6) is 0 Å². The zero-order valence-corrected chi connectivity index (χ0v) is 12.4. The molecule has 0 saturated carbocycles. The Hall–Kier alpha value is -1.94. The van der Waals surface area contributed by atoms with Gasteiger partial charge in [-0.05, 0) is 48.4 Å². The Morgan fingerprint density at radius 1 is 1.25 bits per heavy atom. The Labute approximate surface area is 123 Å². The molecule has 0 aliphatic heterocycles. The van der Waals surface area contributed by atoms with Crippen molar-refractivity contribution in [2.24, 2.45) is 0 Å². The van der Waals surface area contributed by atoms with Gasteiger partial charge in [0.2, 0.25) is 0 Å². The summed E-state index contributed by atoms with van der Waals surface area (Å²) in [6, 6.07) is 13.4. The molecule has 3 nitrogen and oxygen atoms in total. The van der Waals surface area contributed by atoms with Crippen molar-refractivity contribution in [2.75, 3.05) is 12.8 Å². The van der Waals surface area contributed by atoms with Crippen molar-refractivity contribution in [1.82, 2.24) is 0 Å². The molecule has 4 heteroatoms. The molecule has 2 aromatic rings. The topological polar surface area (TPSA) is 52.3 Å². The molecule has 0 saturated heterocycles. The lowest BCUT2D eigenvalue weighted by molar-refractivity contribution is 0.0600. The summed E-state index contributed by atoms with van der Waals surface area (Å²) in [7, 11) is 1.39. The SMILES string of the molecule is COC(=O)c1cccc(CSc2ccc(N)cc2C)c1. The lowest BCUT2D eigenvalue weighted by Crippen LogP contribution is -2.01. The van der Waals surface area contributed by atoms with Crippen LogP contribution in [0.25, 0.3) is 0 Å². The summed E-state index contributed by atoms with van der Waals surface area (Å²) in [5.41, 5.74) is 9.36. The molecule has 0 bridgehead atoms. The first kappa shape index (κ1) is 14.5. The van der Waals surface area contributed by atoms with Crippen molar-refractivity contribution in [2.45, 2.75) is 17.6 Å². The lowest BCUT2D eigenvalue weighted by atomic mass is 10.1. The summed E-state index contributed by atoms with van der Waals surface area (Å²) in [6.07, 6.45) is 0. The van der Waals surface area contributed by atoms with Crippen LogP contribution in [0, 0.1) is 6.92 Å². The van der Waals surface area contributed by atoms with E-state index >= 15 is 0 Å². The van der Waals surface area contributed by atoms with Crippen LogP contribution in [0.3, 0.4) is 0 Å². The number of hydrogen-bond acceptors (Lipinski definition) is 4. The van der Waals surface area contributed by atoms with E-state index in [2.05, 4.69) is 0 Å². The number of carbonyl (C=O) groups excluding carboxylic acids is 1. The van der Waals surface area contributed by atoms with E-state index < -0.39 is 0 Å². The van der Waals surface area contributed by atoms with Gasteiger partial charge in [-0.15, -0.1) is 11.8 Å². The van der Waals surface area contributed by atoms with E-state index in [1.807, 2.05) is 43.3 Å². The smallest absolute Gasteiger partial charge is 0.337 e. The number of benzene rings is 2. The van der Waals surface area contributed by atoms with E-state index in [4.69, 9.17) is 10.5 Å². The maximum Gasteiger partial charge on any atom is 0.337 e. The zero-order valence-electron chi connectivity index (χ0n) is 11.6. The number of thioether (sulfide) groups is 1.